The lowest BCUT2D eigenvalue weighted by Gasteiger charge is -2.41. The van der Waals surface area contributed by atoms with E-state index in [9.17, 15) is 13.2 Å². The fraction of sp³-hybridized carbons (Fsp3) is 0.429. The monoisotopic (exact) mass is 438 g/mol. The average Bonchev–Trinajstić information content (AvgIpc) is 2.79. The van der Waals surface area contributed by atoms with E-state index in [2.05, 4.69) is 47.8 Å². The highest BCUT2D eigenvalue weighted by atomic mass is 19.3. The number of ether oxygens (including phenoxy) is 1. The zero-order chi connectivity index (χ0) is 22.5. The third-order valence-corrected chi connectivity index (χ3v) is 7.00. The van der Waals surface area contributed by atoms with Crippen LogP contribution in [0.15, 0.2) is 54.6 Å². The Morgan fingerprint density at radius 1 is 0.906 bits per heavy atom. The fourth-order valence-corrected chi connectivity index (χ4v) is 5.43. The summed E-state index contributed by atoms with van der Waals surface area (Å²) >= 11 is 0. The summed E-state index contributed by atoms with van der Waals surface area (Å²) in [6.45, 7) is -0.931. The Kier molecular flexibility index (Phi) is 7.25. The SMILES string of the molecule is C/C=C/C1CCC2CC(c3ccc(C#Cc4ccc(OC(F)F)c(F)c4)cc3)CCC2C1. The van der Waals surface area contributed by atoms with E-state index in [1.54, 1.807) is 0 Å². The zero-order valence-electron chi connectivity index (χ0n) is 18.4. The van der Waals surface area contributed by atoms with Crippen molar-refractivity contribution in [3.05, 3.63) is 77.1 Å². The van der Waals surface area contributed by atoms with Gasteiger partial charge in [0.05, 0.1) is 0 Å². The Morgan fingerprint density at radius 3 is 2.31 bits per heavy atom. The maximum Gasteiger partial charge on any atom is 0.387 e. The van der Waals surface area contributed by atoms with Gasteiger partial charge in [-0.3, -0.25) is 0 Å². The summed E-state index contributed by atoms with van der Waals surface area (Å²) in [5.41, 5.74) is 2.65. The van der Waals surface area contributed by atoms with E-state index in [4.69, 9.17) is 0 Å². The number of fused-ring (bicyclic) bond motifs is 1. The summed E-state index contributed by atoms with van der Waals surface area (Å²) in [5, 5.41) is 0. The summed E-state index contributed by atoms with van der Waals surface area (Å²) < 4.78 is 42.5. The van der Waals surface area contributed by atoms with Gasteiger partial charge >= 0.3 is 6.61 Å². The molecule has 4 heteroatoms. The zero-order valence-corrected chi connectivity index (χ0v) is 18.4. The largest absolute Gasteiger partial charge is 0.432 e. The van der Waals surface area contributed by atoms with E-state index >= 15 is 0 Å². The molecule has 2 aliphatic rings. The fourth-order valence-electron chi connectivity index (χ4n) is 5.43. The van der Waals surface area contributed by atoms with Gasteiger partial charge in [-0.15, -0.1) is 0 Å². The summed E-state index contributed by atoms with van der Waals surface area (Å²) in [4.78, 5) is 0. The van der Waals surface area contributed by atoms with Crippen molar-refractivity contribution in [3.63, 3.8) is 0 Å². The van der Waals surface area contributed by atoms with Crippen LogP contribution < -0.4 is 4.74 Å². The maximum absolute atomic E-state index is 13.8. The van der Waals surface area contributed by atoms with Gasteiger partial charge in [0.1, 0.15) is 0 Å². The molecular formula is C28H29F3O. The molecule has 4 atom stereocenters. The molecule has 168 valence electrons. The third-order valence-electron chi connectivity index (χ3n) is 7.00. The molecule has 2 saturated carbocycles. The van der Waals surface area contributed by atoms with Crippen LogP contribution in [0.25, 0.3) is 0 Å². The quantitative estimate of drug-likeness (QED) is 0.351. The molecule has 2 aromatic rings. The van der Waals surface area contributed by atoms with Gasteiger partial charge in [-0.05, 0) is 105 Å². The minimum absolute atomic E-state index is 0.417. The second-order valence-electron chi connectivity index (χ2n) is 9.02. The van der Waals surface area contributed by atoms with E-state index in [-0.39, 0.29) is 0 Å². The van der Waals surface area contributed by atoms with Crippen LogP contribution in [0.1, 0.15) is 68.1 Å². The highest BCUT2D eigenvalue weighted by molar-refractivity contribution is 5.45. The minimum Gasteiger partial charge on any atom is -0.432 e. The molecule has 4 unspecified atom stereocenters. The van der Waals surface area contributed by atoms with Crippen molar-refractivity contribution in [2.45, 2.75) is 58.0 Å². The lowest BCUT2D eigenvalue weighted by Crippen LogP contribution is -2.30. The molecule has 2 fully saturated rings. The minimum atomic E-state index is -3.05. The molecule has 2 aliphatic carbocycles. The molecule has 2 aromatic carbocycles. The molecule has 0 N–H and O–H groups in total. The molecule has 0 bridgehead atoms. The third kappa shape index (κ3) is 5.57. The van der Waals surface area contributed by atoms with Crippen LogP contribution in [0.5, 0.6) is 5.75 Å². The first kappa shape index (κ1) is 22.5. The Morgan fingerprint density at radius 2 is 1.59 bits per heavy atom. The molecule has 0 radical (unpaired) electrons. The van der Waals surface area contributed by atoms with Crippen LogP contribution in [-0.2, 0) is 0 Å². The molecule has 0 spiro atoms. The van der Waals surface area contributed by atoms with Crippen LogP contribution >= 0.6 is 0 Å². The first-order chi connectivity index (χ1) is 15.5. The van der Waals surface area contributed by atoms with Gasteiger partial charge in [0, 0.05) is 11.1 Å². The number of hydrogen-bond acceptors (Lipinski definition) is 1. The molecule has 0 aliphatic heterocycles. The van der Waals surface area contributed by atoms with Gasteiger partial charge in [-0.25, -0.2) is 4.39 Å². The van der Waals surface area contributed by atoms with Crippen LogP contribution in [-0.4, -0.2) is 6.61 Å². The van der Waals surface area contributed by atoms with Crippen LogP contribution in [0.3, 0.4) is 0 Å². The molecule has 0 heterocycles. The predicted molar refractivity (Wildman–Crippen MR) is 121 cm³/mol. The first-order valence-corrected chi connectivity index (χ1v) is 11.5. The lowest BCUT2D eigenvalue weighted by molar-refractivity contribution is -0.0521. The highest BCUT2D eigenvalue weighted by Gasteiger charge is 2.35. The van der Waals surface area contributed by atoms with Crippen LogP contribution in [0.2, 0.25) is 0 Å². The molecular weight excluding hydrogens is 409 g/mol. The van der Waals surface area contributed by atoms with E-state index in [1.165, 1.54) is 56.2 Å². The molecule has 32 heavy (non-hydrogen) atoms. The second kappa shape index (κ2) is 10.3. The molecule has 0 amide bonds. The van der Waals surface area contributed by atoms with Gasteiger partial charge in [-0.1, -0.05) is 36.1 Å². The van der Waals surface area contributed by atoms with Gasteiger partial charge in [0.15, 0.2) is 11.6 Å². The van der Waals surface area contributed by atoms with Crippen LogP contribution in [0, 0.1) is 35.4 Å². The van der Waals surface area contributed by atoms with Crippen molar-refractivity contribution in [1.29, 1.82) is 0 Å². The normalized spacial score (nSPS) is 25.3. The summed E-state index contributed by atoms with van der Waals surface area (Å²) in [7, 11) is 0. The molecule has 1 nitrogen and oxygen atoms in total. The number of halogens is 3. The first-order valence-electron chi connectivity index (χ1n) is 11.5. The maximum atomic E-state index is 13.8. The van der Waals surface area contributed by atoms with Gasteiger partial charge < -0.3 is 4.74 Å². The average molecular weight is 439 g/mol. The highest BCUT2D eigenvalue weighted by Crippen LogP contribution is 2.47. The summed E-state index contributed by atoms with van der Waals surface area (Å²) in [5.74, 6) is 7.73. The van der Waals surface area contributed by atoms with E-state index in [1.807, 2.05) is 12.1 Å². The molecule has 4 rings (SSSR count). The molecule has 0 aromatic heterocycles. The number of allylic oxidation sites excluding steroid dienone is 2. The Bertz CT molecular complexity index is 1000. The topological polar surface area (TPSA) is 9.23 Å². The van der Waals surface area contributed by atoms with Gasteiger partial charge in [-0.2, -0.15) is 8.78 Å². The number of hydrogen-bond donors (Lipinski definition) is 0. The van der Waals surface area contributed by atoms with Crippen molar-refractivity contribution in [2.24, 2.45) is 17.8 Å². The predicted octanol–water partition coefficient (Wildman–Crippen LogP) is 7.70. The summed E-state index contributed by atoms with van der Waals surface area (Å²) in [6, 6.07) is 12.1. The van der Waals surface area contributed by atoms with Crippen molar-refractivity contribution in [1.82, 2.24) is 0 Å². The van der Waals surface area contributed by atoms with Crippen molar-refractivity contribution < 1.29 is 17.9 Å². The lowest BCUT2D eigenvalue weighted by atomic mass is 9.64. The number of rotatable bonds is 4. The Labute approximate surface area is 188 Å². The van der Waals surface area contributed by atoms with Gasteiger partial charge in [0.2, 0.25) is 0 Å². The van der Waals surface area contributed by atoms with Gasteiger partial charge in [0.25, 0.3) is 0 Å². The number of benzene rings is 2. The van der Waals surface area contributed by atoms with E-state index < -0.39 is 18.2 Å². The smallest absolute Gasteiger partial charge is 0.387 e. The van der Waals surface area contributed by atoms with E-state index in [0.29, 0.717) is 11.5 Å². The summed E-state index contributed by atoms with van der Waals surface area (Å²) in [6.07, 6.45) is 12.5. The molecule has 0 saturated heterocycles. The standard InChI is InChI=1S/C28H29F3O/c1-2-3-20-8-12-25-18-24(14-13-23(25)16-20)22-10-6-19(7-11-22)4-5-21-9-15-27(26(29)17-21)32-28(30)31/h2-3,6-7,9-11,15,17,20,23-25,28H,8,12-14,16,18H2,1H3/b3-2+. The van der Waals surface area contributed by atoms with Crippen molar-refractivity contribution >= 4 is 0 Å². The van der Waals surface area contributed by atoms with Crippen LogP contribution in [0.4, 0.5) is 13.2 Å². The van der Waals surface area contributed by atoms with E-state index in [0.717, 1.165) is 29.4 Å². The Hall–Kier alpha value is -2.67. The van der Waals surface area contributed by atoms with Crippen molar-refractivity contribution in [2.75, 3.05) is 0 Å². The Balaban J connectivity index is 1.37. The van der Waals surface area contributed by atoms with Crippen molar-refractivity contribution in [3.8, 4) is 17.6 Å². The number of alkyl halides is 2. The second-order valence-corrected chi connectivity index (χ2v) is 9.02.